The monoisotopic (exact) mass is 571 g/mol. The summed E-state index contributed by atoms with van der Waals surface area (Å²) >= 11 is 0. The summed E-state index contributed by atoms with van der Waals surface area (Å²) in [5.74, 6) is -0.578. The molecule has 0 aliphatic rings. The van der Waals surface area contributed by atoms with Gasteiger partial charge in [0.25, 0.3) is 0 Å². The zero-order chi connectivity index (χ0) is 26.4. The van der Waals surface area contributed by atoms with Crippen molar-refractivity contribution in [1.29, 1.82) is 0 Å². The van der Waals surface area contributed by atoms with Gasteiger partial charge in [-0.3, -0.25) is 4.79 Å². The predicted octanol–water partition coefficient (Wildman–Crippen LogP) is -4.21. The molecule has 37 heavy (non-hydrogen) atoms. The minimum absolute atomic E-state index is 0. The first kappa shape index (κ1) is 35.7. The van der Waals surface area contributed by atoms with Crippen LogP contribution in [0.15, 0.2) is 46.2 Å². The molecular formula is C21H23N3Na2O9S2. The van der Waals surface area contributed by atoms with E-state index in [0.29, 0.717) is 0 Å². The first-order valence-electron chi connectivity index (χ1n) is 9.95. The molecule has 0 aliphatic carbocycles. The van der Waals surface area contributed by atoms with Crippen LogP contribution in [0.4, 0.5) is 16.2 Å². The van der Waals surface area contributed by atoms with E-state index in [0.717, 1.165) is 24.3 Å². The van der Waals surface area contributed by atoms with Crippen molar-refractivity contribution in [2.75, 3.05) is 24.4 Å². The van der Waals surface area contributed by atoms with Crippen LogP contribution in [0.1, 0.15) is 25.0 Å². The molecule has 2 rings (SSSR count). The van der Waals surface area contributed by atoms with Crippen molar-refractivity contribution in [2.45, 2.75) is 29.7 Å². The molecule has 16 heteroatoms. The molecule has 0 atom stereocenters. The second-order valence-corrected chi connectivity index (χ2v) is 10.2. The number of methoxy groups -OCH3 is 1. The van der Waals surface area contributed by atoms with Crippen molar-refractivity contribution in [2.24, 2.45) is 0 Å². The van der Waals surface area contributed by atoms with Crippen LogP contribution in [0.5, 0.6) is 0 Å². The van der Waals surface area contributed by atoms with E-state index in [2.05, 4.69) is 20.7 Å². The summed E-state index contributed by atoms with van der Waals surface area (Å²) < 4.78 is 75.3. The molecule has 2 aromatic rings. The number of amides is 3. The van der Waals surface area contributed by atoms with Gasteiger partial charge in [-0.1, -0.05) is 24.3 Å². The molecule has 2 aromatic carbocycles. The number of anilines is 2. The van der Waals surface area contributed by atoms with Crippen LogP contribution in [-0.4, -0.2) is 57.6 Å². The number of hydrogen-bond donors (Lipinski definition) is 3. The van der Waals surface area contributed by atoms with Gasteiger partial charge >= 0.3 is 65.1 Å². The molecule has 0 radical (unpaired) electrons. The van der Waals surface area contributed by atoms with Crippen molar-refractivity contribution in [3.05, 3.63) is 47.5 Å². The number of ether oxygens (including phenoxy) is 1. The Kier molecular flexibility index (Phi) is 14.8. The maximum atomic E-state index is 11.9. The summed E-state index contributed by atoms with van der Waals surface area (Å²) in [6.45, 7) is 3.15. The molecule has 0 heterocycles. The summed E-state index contributed by atoms with van der Waals surface area (Å²) in [4.78, 5) is 22.2. The Balaban J connectivity index is 0.00000648. The Morgan fingerprint density at radius 3 is 1.68 bits per heavy atom. The number of urea groups is 1. The summed E-state index contributed by atoms with van der Waals surface area (Å²) in [6, 6.07) is 6.23. The van der Waals surface area contributed by atoms with Gasteiger partial charge in [0.15, 0.2) is 0 Å². The van der Waals surface area contributed by atoms with Gasteiger partial charge in [0.05, 0.1) is 9.79 Å². The minimum atomic E-state index is -5.00. The zero-order valence-electron chi connectivity index (χ0n) is 20.9. The molecule has 0 unspecified atom stereocenters. The Morgan fingerprint density at radius 1 is 0.865 bits per heavy atom. The first-order chi connectivity index (χ1) is 16.2. The number of carbonyl (C=O) groups excluding carboxylic acids is 2. The molecule has 0 aromatic heterocycles. The van der Waals surface area contributed by atoms with Gasteiger partial charge < -0.3 is 29.8 Å². The van der Waals surface area contributed by atoms with Crippen LogP contribution in [0, 0.1) is 0 Å². The van der Waals surface area contributed by atoms with Crippen molar-refractivity contribution < 1.29 is 99.4 Å². The third-order valence-electron chi connectivity index (χ3n) is 4.25. The summed E-state index contributed by atoms with van der Waals surface area (Å²) in [5.41, 5.74) is -0.163. The van der Waals surface area contributed by atoms with Crippen LogP contribution in [0.25, 0.3) is 12.2 Å². The molecule has 12 nitrogen and oxygen atoms in total. The fourth-order valence-corrected chi connectivity index (χ4v) is 4.26. The first-order valence-corrected chi connectivity index (χ1v) is 12.8. The molecule has 0 bridgehead atoms. The standard InChI is InChI=1S/C21H25N3O9S2.2Na/c1-13(2)22-21(26)24-17-9-7-15(19(11-17)35(30,31)32)5-4-14-6-8-16(23-20(25)12-33-3)10-18(14)34(27,28)29;;/h4-11,13H,12H2,1-3H3,(H,23,25)(H2,22,24,26)(H,27,28,29)(H,30,31,32);;/q;2*+1/p-2. The molecule has 190 valence electrons. The predicted molar refractivity (Wildman–Crippen MR) is 126 cm³/mol. The molecule has 0 saturated carbocycles. The van der Waals surface area contributed by atoms with Gasteiger partial charge in [-0.05, 0) is 49.2 Å². The van der Waals surface area contributed by atoms with Crippen molar-refractivity contribution >= 4 is 55.7 Å². The fraction of sp³-hybridized carbons (Fsp3) is 0.238. The molecule has 0 fully saturated rings. The number of benzene rings is 2. The van der Waals surface area contributed by atoms with E-state index in [1.54, 1.807) is 13.8 Å². The van der Waals surface area contributed by atoms with Crippen LogP contribution >= 0.6 is 0 Å². The summed E-state index contributed by atoms with van der Waals surface area (Å²) in [6.07, 6.45) is 2.27. The average Bonchev–Trinajstić information content (AvgIpc) is 2.71. The van der Waals surface area contributed by atoms with Gasteiger partial charge in [0, 0.05) is 24.5 Å². The number of carbonyl (C=O) groups is 2. The summed E-state index contributed by atoms with van der Waals surface area (Å²) in [5, 5.41) is 7.32. The van der Waals surface area contributed by atoms with E-state index in [9.17, 15) is 35.5 Å². The van der Waals surface area contributed by atoms with Gasteiger partial charge in [-0.25, -0.2) is 21.6 Å². The third kappa shape index (κ3) is 11.5. The van der Waals surface area contributed by atoms with Gasteiger partial charge in [-0.15, -0.1) is 0 Å². The van der Waals surface area contributed by atoms with E-state index >= 15 is 0 Å². The smallest absolute Gasteiger partial charge is 0.744 e. The summed E-state index contributed by atoms with van der Waals surface area (Å²) in [7, 11) is -8.70. The van der Waals surface area contributed by atoms with E-state index in [1.807, 2.05) is 0 Å². The number of hydrogen-bond acceptors (Lipinski definition) is 9. The Labute approximate surface area is 259 Å². The van der Waals surface area contributed by atoms with Crippen molar-refractivity contribution in [3.63, 3.8) is 0 Å². The van der Waals surface area contributed by atoms with E-state index in [1.165, 1.54) is 31.4 Å². The van der Waals surface area contributed by atoms with Crippen LogP contribution < -0.4 is 75.1 Å². The Morgan fingerprint density at radius 2 is 1.30 bits per heavy atom. The maximum Gasteiger partial charge on any atom is 1.00 e. The fourth-order valence-electron chi connectivity index (χ4n) is 2.87. The maximum absolute atomic E-state index is 11.9. The van der Waals surface area contributed by atoms with Gasteiger partial charge in [0.1, 0.15) is 26.8 Å². The topological polar surface area (TPSA) is 194 Å². The number of nitrogens with one attached hydrogen (secondary N) is 3. The van der Waals surface area contributed by atoms with E-state index in [4.69, 9.17) is 0 Å². The molecule has 3 amide bonds. The average molecular weight is 572 g/mol. The van der Waals surface area contributed by atoms with E-state index in [-0.39, 0.29) is 94.3 Å². The molecule has 0 spiro atoms. The Hall–Kier alpha value is -1.30. The van der Waals surface area contributed by atoms with Crippen LogP contribution in [0.2, 0.25) is 0 Å². The Bertz CT molecular complexity index is 1360. The molecule has 3 N–H and O–H groups in total. The zero-order valence-corrected chi connectivity index (χ0v) is 26.5. The minimum Gasteiger partial charge on any atom is -0.744 e. The normalized spacial score (nSPS) is 11.4. The van der Waals surface area contributed by atoms with Crippen molar-refractivity contribution in [3.8, 4) is 0 Å². The van der Waals surface area contributed by atoms with Crippen molar-refractivity contribution in [1.82, 2.24) is 5.32 Å². The second kappa shape index (κ2) is 15.3. The molecular weight excluding hydrogens is 548 g/mol. The quantitative estimate of drug-likeness (QED) is 0.152. The van der Waals surface area contributed by atoms with Crippen LogP contribution in [-0.2, 0) is 29.8 Å². The third-order valence-corrected chi connectivity index (χ3v) is 6.03. The largest absolute Gasteiger partial charge is 1.00 e. The second-order valence-electron chi connectivity index (χ2n) is 7.48. The van der Waals surface area contributed by atoms with Crippen LogP contribution in [0.3, 0.4) is 0 Å². The van der Waals surface area contributed by atoms with Gasteiger partial charge in [0.2, 0.25) is 5.91 Å². The van der Waals surface area contributed by atoms with Gasteiger partial charge in [-0.2, -0.15) is 0 Å². The number of rotatable bonds is 9. The molecule has 0 aliphatic heterocycles. The van der Waals surface area contributed by atoms with E-state index < -0.39 is 42.0 Å². The molecule has 0 saturated heterocycles. The SMILES string of the molecule is COCC(=O)Nc1ccc(C=Cc2ccc(NC(=O)NC(C)C)cc2S(=O)(=O)[O-])c(S(=O)(=O)[O-])c1.[Na+].[Na+].